The van der Waals surface area contributed by atoms with Crippen LogP contribution in [0, 0.1) is 12.7 Å². The van der Waals surface area contributed by atoms with Crippen LogP contribution in [0.1, 0.15) is 11.3 Å². The number of alkyl halides is 3. The molecule has 0 unspecified atom stereocenters. The van der Waals surface area contributed by atoms with Gasteiger partial charge in [-0.15, -0.1) is 0 Å². The number of halogens is 5. The van der Waals surface area contributed by atoms with E-state index in [1.165, 1.54) is 6.92 Å². The highest BCUT2D eigenvalue weighted by Gasteiger charge is 2.35. The second kappa shape index (κ2) is 6.30. The molecule has 0 radical (unpaired) electrons. The Morgan fingerprint density at radius 2 is 1.84 bits per heavy atom. The Morgan fingerprint density at radius 3 is 2.36 bits per heavy atom. The number of rotatable bonds is 2. The number of hydrogen-bond donors (Lipinski definition) is 0. The van der Waals surface area contributed by atoms with Gasteiger partial charge < -0.3 is 0 Å². The third-order valence-corrected chi connectivity index (χ3v) is 3.80. The summed E-state index contributed by atoms with van der Waals surface area (Å²) < 4.78 is 53.2. The number of benzene rings is 1. The van der Waals surface area contributed by atoms with Gasteiger partial charge in [0.25, 0.3) is 5.56 Å². The fourth-order valence-corrected chi connectivity index (χ4v) is 2.38. The van der Waals surface area contributed by atoms with E-state index in [2.05, 4.69) is 4.99 Å². The molecular formula is C14H8ClF4N3O3. The van der Waals surface area contributed by atoms with Gasteiger partial charge in [-0.25, -0.2) is 18.5 Å². The highest BCUT2D eigenvalue weighted by Crippen LogP contribution is 2.34. The van der Waals surface area contributed by atoms with E-state index in [4.69, 9.17) is 11.6 Å². The number of isocyanates is 1. The summed E-state index contributed by atoms with van der Waals surface area (Å²) in [6, 6.07) is 0.888. The summed E-state index contributed by atoms with van der Waals surface area (Å²) >= 11 is 5.76. The molecule has 0 saturated carbocycles. The monoisotopic (exact) mass is 377 g/mol. The summed E-state index contributed by atoms with van der Waals surface area (Å²) in [5.74, 6) is -1.22. The van der Waals surface area contributed by atoms with Crippen LogP contribution in [-0.4, -0.2) is 15.2 Å². The maximum Gasteiger partial charge on any atom is 0.431 e. The lowest BCUT2D eigenvalue weighted by atomic mass is 10.1. The second-order valence-electron chi connectivity index (χ2n) is 4.91. The predicted molar refractivity (Wildman–Crippen MR) is 79.8 cm³/mol. The normalized spacial score (nSPS) is 11.3. The Balaban J connectivity index is 3.02. The minimum absolute atomic E-state index is 0.0373. The molecule has 6 nitrogen and oxygen atoms in total. The van der Waals surface area contributed by atoms with Crippen LogP contribution in [0.4, 0.5) is 23.2 Å². The minimum atomic E-state index is -4.97. The van der Waals surface area contributed by atoms with Gasteiger partial charge in [-0.1, -0.05) is 11.6 Å². The van der Waals surface area contributed by atoms with Crippen LogP contribution in [0.15, 0.2) is 26.7 Å². The molecule has 2 aromatic rings. The summed E-state index contributed by atoms with van der Waals surface area (Å²) in [4.78, 5) is 38.1. The molecular weight excluding hydrogens is 370 g/mol. The molecule has 0 N–H and O–H groups in total. The lowest BCUT2D eigenvalue weighted by molar-refractivity contribution is -0.144. The summed E-state index contributed by atoms with van der Waals surface area (Å²) in [5, 5.41) is -0.160. The molecule has 0 amide bonds. The smallest absolute Gasteiger partial charge is 0.292 e. The maximum absolute atomic E-state index is 14.3. The third kappa shape index (κ3) is 3.13. The minimum Gasteiger partial charge on any atom is -0.292 e. The van der Waals surface area contributed by atoms with Gasteiger partial charge in [0, 0.05) is 18.1 Å². The molecule has 0 aliphatic rings. The van der Waals surface area contributed by atoms with Crippen LogP contribution in [-0.2, 0) is 18.0 Å². The van der Waals surface area contributed by atoms with E-state index in [0.29, 0.717) is 0 Å². The quantitative estimate of drug-likeness (QED) is 0.459. The lowest BCUT2D eigenvalue weighted by Crippen LogP contribution is -2.41. The molecule has 0 aliphatic carbocycles. The first-order chi connectivity index (χ1) is 11.5. The lowest BCUT2D eigenvalue weighted by Gasteiger charge is -2.16. The van der Waals surface area contributed by atoms with Crippen molar-refractivity contribution in [1.82, 2.24) is 9.13 Å². The SMILES string of the molecule is Cc1c(Cl)cc(F)c(-n2c(=O)cc(C(F)(F)F)n(C)c2=O)c1N=C=O. The Labute approximate surface area is 141 Å². The maximum atomic E-state index is 14.3. The van der Waals surface area contributed by atoms with Gasteiger partial charge in [0.15, 0.2) is 5.82 Å². The first-order valence-corrected chi connectivity index (χ1v) is 6.85. The predicted octanol–water partition coefficient (Wildman–Crippen LogP) is 2.62. The number of aliphatic imine (C=N–C) groups is 1. The van der Waals surface area contributed by atoms with E-state index in [1.54, 1.807) is 0 Å². The van der Waals surface area contributed by atoms with Gasteiger partial charge >= 0.3 is 11.9 Å². The zero-order valence-corrected chi connectivity index (χ0v) is 13.4. The molecule has 0 spiro atoms. The van der Waals surface area contributed by atoms with Gasteiger partial charge in [-0.2, -0.15) is 18.2 Å². The first kappa shape index (κ1) is 18.6. The second-order valence-corrected chi connectivity index (χ2v) is 5.32. The van der Waals surface area contributed by atoms with E-state index >= 15 is 0 Å². The van der Waals surface area contributed by atoms with Crippen LogP contribution in [0.25, 0.3) is 5.69 Å². The largest absolute Gasteiger partial charge is 0.431 e. The molecule has 0 atom stereocenters. The van der Waals surface area contributed by atoms with Crippen molar-refractivity contribution < 1.29 is 22.4 Å². The molecule has 0 saturated heterocycles. The number of aromatic nitrogens is 2. The summed E-state index contributed by atoms with van der Waals surface area (Å²) in [5.41, 5.74) is -5.66. The van der Waals surface area contributed by atoms with Gasteiger partial charge in [0.2, 0.25) is 6.08 Å². The number of hydrogen-bond acceptors (Lipinski definition) is 4. The molecule has 1 aromatic heterocycles. The van der Waals surface area contributed by atoms with Crippen LogP contribution < -0.4 is 11.2 Å². The third-order valence-electron chi connectivity index (χ3n) is 3.41. The molecule has 1 heterocycles. The van der Waals surface area contributed by atoms with E-state index in [1.807, 2.05) is 0 Å². The van der Waals surface area contributed by atoms with Crippen LogP contribution in [0.3, 0.4) is 0 Å². The Kier molecular flexibility index (Phi) is 4.70. The van der Waals surface area contributed by atoms with Crippen molar-refractivity contribution in [3.05, 3.63) is 55.1 Å². The van der Waals surface area contributed by atoms with Crippen molar-refractivity contribution in [2.45, 2.75) is 13.1 Å². The highest BCUT2D eigenvalue weighted by atomic mass is 35.5. The molecule has 0 fully saturated rings. The number of nitrogens with zero attached hydrogens (tertiary/aromatic N) is 3. The molecule has 132 valence electrons. The average molecular weight is 378 g/mol. The molecule has 1 aromatic carbocycles. The molecule has 11 heteroatoms. The zero-order chi connectivity index (χ0) is 19.1. The van der Waals surface area contributed by atoms with Crippen molar-refractivity contribution >= 4 is 23.4 Å². The number of carbonyl (C=O) groups excluding carboxylic acids is 1. The van der Waals surface area contributed by atoms with Gasteiger partial charge in [-0.05, 0) is 18.6 Å². The van der Waals surface area contributed by atoms with Crippen LogP contribution in [0.2, 0.25) is 5.02 Å². The molecule has 0 aliphatic heterocycles. The van der Waals surface area contributed by atoms with E-state index in [9.17, 15) is 31.9 Å². The average Bonchev–Trinajstić information content (AvgIpc) is 2.50. The van der Waals surface area contributed by atoms with E-state index < -0.39 is 40.3 Å². The summed E-state index contributed by atoms with van der Waals surface area (Å²) in [7, 11) is 0.768. The van der Waals surface area contributed by atoms with Crippen LogP contribution in [0.5, 0.6) is 0 Å². The van der Waals surface area contributed by atoms with E-state index in [-0.39, 0.29) is 25.8 Å². The Morgan fingerprint density at radius 1 is 1.24 bits per heavy atom. The fraction of sp³-hybridized carbons (Fsp3) is 0.214. The highest BCUT2D eigenvalue weighted by molar-refractivity contribution is 6.31. The topological polar surface area (TPSA) is 73.4 Å². The molecule has 2 rings (SSSR count). The standard InChI is InChI=1S/C14H8ClF4N3O3/c1-6-7(15)3-8(16)12(11(6)20-5-23)22-10(24)4-9(14(17,18)19)21(2)13(22)25/h3-4H,1-2H3. The van der Waals surface area contributed by atoms with Gasteiger partial charge in [0.05, 0.1) is 0 Å². The fourth-order valence-electron chi connectivity index (χ4n) is 2.19. The summed E-state index contributed by atoms with van der Waals surface area (Å²) in [6.07, 6.45) is -3.84. The van der Waals surface area contributed by atoms with Gasteiger partial charge in [0.1, 0.15) is 17.1 Å². The van der Waals surface area contributed by atoms with Crippen molar-refractivity contribution in [3.8, 4) is 5.69 Å². The summed E-state index contributed by atoms with van der Waals surface area (Å²) in [6.45, 7) is 1.32. The Hall–Kier alpha value is -2.71. The Bertz CT molecular complexity index is 1030. The molecule has 0 bridgehead atoms. The van der Waals surface area contributed by atoms with Crippen LogP contribution >= 0.6 is 11.6 Å². The van der Waals surface area contributed by atoms with Crippen molar-refractivity contribution in [2.24, 2.45) is 12.0 Å². The van der Waals surface area contributed by atoms with Crippen molar-refractivity contribution in [3.63, 3.8) is 0 Å². The zero-order valence-electron chi connectivity index (χ0n) is 12.6. The molecule has 25 heavy (non-hydrogen) atoms. The van der Waals surface area contributed by atoms with E-state index in [0.717, 1.165) is 19.2 Å². The first-order valence-electron chi connectivity index (χ1n) is 6.47. The van der Waals surface area contributed by atoms with Crippen molar-refractivity contribution in [1.29, 1.82) is 0 Å². The van der Waals surface area contributed by atoms with Crippen molar-refractivity contribution in [2.75, 3.05) is 0 Å². The van der Waals surface area contributed by atoms with Gasteiger partial charge in [-0.3, -0.25) is 9.36 Å².